The summed E-state index contributed by atoms with van der Waals surface area (Å²) in [4.78, 5) is 17.9. The number of aromatic nitrogens is 1. The van der Waals surface area contributed by atoms with Crippen LogP contribution in [0.3, 0.4) is 0 Å². The van der Waals surface area contributed by atoms with Crippen molar-refractivity contribution < 1.29 is 23.8 Å². The average Bonchev–Trinajstić information content (AvgIpc) is 3.87. The van der Waals surface area contributed by atoms with Crippen molar-refractivity contribution in [2.24, 2.45) is 11.3 Å². The monoisotopic (exact) mass is 588 g/mol. The third-order valence-electron chi connectivity index (χ3n) is 8.60. The molecule has 0 amide bonds. The number of ether oxygens (including phenoxy) is 2. The van der Waals surface area contributed by atoms with Crippen LogP contribution in [-0.2, 0) is 24.2 Å². The number of nitrogens with zero attached hydrogens (tertiary/aromatic N) is 2. The summed E-state index contributed by atoms with van der Waals surface area (Å²) in [6.45, 7) is 9.06. The van der Waals surface area contributed by atoms with E-state index in [0.29, 0.717) is 17.9 Å². The molecule has 230 valence electrons. The van der Waals surface area contributed by atoms with Crippen LogP contribution in [-0.4, -0.2) is 41.2 Å². The van der Waals surface area contributed by atoms with Crippen molar-refractivity contribution in [1.82, 2.24) is 9.88 Å². The van der Waals surface area contributed by atoms with Gasteiger partial charge >= 0.3 is 5.97 Å². The highest BCUT2D eigenvalue weighted by atomic mass is 19.1. The Labute approximate surface area is 255 Å². The Morgan fingerprint density at radius 3 is 2.63 bits per heavy atom. The molecule has 1 saturated carbocycles. The molecule has 2 unspecified atom stereocenters. The van der Waals surface area contributed by atoms with Crippen molar-refractivity contribution in [3.63, 3.8) is 0 Å². The molecule has 0 spiro atoms. The molecule has 3 aliphatic rings. The van der Waals surface area contributed by atoms with Gasteiger partial charge in [0.2, 0.25) is 5.88 Å². The number of fused-ring (bicyclic) bond motifs is 1. The zero-order chi connectivity index (χ0) is 30.6. The lowest BCUT2D eigenvalue weighted by Gasteiger charge is -2.38. The summed E-state index contributed by atoms with van der Waals surface area (Å²) in [5.74, 6) is -0.436. The van der Waals surface area contributed by atoms with Gasteiger partial charge in [-0.1, -0.05) is 70.4 Å². The smallest absolute Gasteiger partial charge is 0.306 e. The lowest BCUT2D eigenvalue weighted by molar-refractivity contribution is -0.141. The Kier molecular flexibility index (Phi) is 9.70. The number of pyridine rings is 1. The number of hydrogen-bond donors (Lipinski definition) is 1. The Balaban J connectivity index is 0.00000115. The number of carboxylic acids is 1. The van der Waals surface area contributed by atoms with Crippen molar-refractivity contribution in [2.45, 2.75) is 84.8 Å². The maximum Gasteiger partial charge on any atom is 0.306 e. The second kappa shape index (κ2) is 13.5. The Bertz CT molecular complexity index is 1430. The molecule has 2 aliphatic heterocycles. The van der Waals surface area contributed by atoms with Gasteiger partial charge in [0, 0.05) is 24.7 Å². The minimum atomic E-state index is -0.801. The van der Waals surface area contributed by atoms with Crippen molar-refractivity contribution >= 4 is 5.97 Å². The molecule has 0 radical (unpaired) electrons. The van der Waals surface area contributed by atoms with Crippen molar-refractivity contribution in [3.05, 3.63) is 76.7 Å². The Morgan fingerprint density at radius 1 is 1.14 bits per heavy atom. The molecule has 2 aromatic carbocycles. The van der Waals surface area contributed by atoms with Gasteiger partial charge < -0.3 is 14.6 Å². The van der Waals surface area contributed by atoms with Crippen LogP contribution in [0.1, 0.15) is 87.7 Å². The fourth-order valence-electron chi connectivity index (χ4n) is 6.08. The summed E-state index contributed by atoms with van der Waals surface area (Å²) >= 11 is 0. The molecular weight excluding hydrogens is 543 g/mol. The quantitative estimate of drug-likeness (QED) is 0.287. The van der Waals surface area contributed by atoms with Gasteiger partial charge in [-0.2, -0.15) is 0 Å². The fraction of sp³-hybridized carbons (Fsp3) is 0.500. The van der Waals surface area contributed by atoms with Gasteiger partial charge in [0.05, 0.1) is 19.2 Å². The van der Waals surface area contributed by atoms with Gasteiger partial charge in [0.15, 0.2) is 0 Å². The molecule has 2 fully saturated rings. The Morgan fingerprint density at radius 2 is 1.93 bits per heavy atom. The molecular formula is C36H45FN2O4. The van der Waals surface area contributed by atoms with Gasteiger partial charge in [-0.25, -0.2) is 9.37 Å². The molecule has 1 saturated heterocycles. The first kappa shape index (κ1) is 31.0. The van der Waals surface area contributed by atoms with E-state index < -0.39 is 11.9 Å². The van der Waals surface area contributed by atoms with Gasteiger partial charge in [-0.15, -0.1) is 0 Å². The minimum Gasteiger partial charge on any atom is -0.485 e. The molecule has 6 nitrogen and oxygen atoms in total. The lowest BCUT2D eigenvalue weighted by Crippen LogP contribution is -2.39. The second-order valence-corrected chi connectivity index (χ2v) is 13.2. The van der Waals surface area contributed by atoms with Gasteiger partial charge in [0.25, 0.3) is 0 Å². The summed E-state index contributed by atoms with van der Waals surface area (Å²) in [5.41, 5.74) is 5.78. The zero-order valence-electron chi connectivity index (χ0n) is 26.0. The van der Waals surface area contributed by atoms with Crippen LogP contribution in [0.4, 0.5) is 4.39 Å². The number of methoxy groups -OCH3 is 1. The largest absolute Gasteiger partial charge is 0.485 e. The third-order valence-corrected chi connectivity index (χ3v) is 8.60. The molecule has 1 aliphatic carbocycles. The molecule has 7 heteroatoms. The number of halogens is 1. The number of benzene rings is 2. The van der Waals surface area contributed by atoms with E-state index in [1.54, 1.807) is 13.0 Å². The van der Waals surface area contributed by atoms with Crippen LogP contribution in [0.2, 0.25) is 0 Å². The van der Waals surface area contributed by atoms with Crippen LogP contribution >= 0.6 is 0 Å². The highest BCUT2D eigenvalue weighted by Crippen LogP contribution is 2.39. The van der Waals surface area contributed by atoms with Crippen molar-refractivity contribution in [3.8, 4) is 22.8 Å². The van der Waals surface area contributed by atoms with Crippen LogP contribution in [0.5, 0.6) is 11.6 Å². The predicted molar refractivity (Wildman–Crippen MR) is 167 cm³/mol. The maximum atomic E-state index is 15.1. The number of hydrogen-bond acceptors (Lipinski definition) is 5. The lowest BCUT2D eigenvalue weighted by atomic mass is 9.83. The summed E-state index contributed by atoms with van der Waals surface area (Å²) in [7, 11) is 1.54. The van der Waals surface area contributed by atoms with E-state index in [2.05, 4.69) is 35.9 Å². The number of aliphatic carboxylic acids is 1. The van der Waals surface area contributed by atoms with E-state index in [1.165, 1.54) is 39.0 Å². The minimum absolute atomic E-state index is 0.137. The summed E-state index contributed by atoms with van der Waals surface area (Å²) < 4.78 is 26.9. The van der Waals surface area contributed by atoms with Gasteiger partial charge in [0.1, 0.15) is 17.7 Å². The van der Waals surface area contributed by atoms with Crippen LogP contribution in [0.15, 0.2) is 48.7 Å². The number of piperidine rings is 1. The predicted octanol–water partition coefficient (Wildman–Crippen LogP) is 8.02. The van der Waals surface area contributed by atoms with Crippen molar-refractivity contribution in [1.29, 1.82) is 0 Å². The van der Waals surface area contributed by atoms with E-state index >= 15 is 4.39 Å². The highest BCUT2D eigenvalue weighted by Gasteiger charge is 2.28. The molecule has 0 bridgehead atoms. The number of carboxylic acid groups (broad SMARTS) is 1. The van der Waals surface area contributed by atoms with Crippen LogP contribution < -0.4 is 9.47 Å². The van der Waals surface area contributed by atoms with E-state index in [4.69, 9.17) is 9.47 Å². The zero-order valence-corrected chi connectivity index (χ0v) is 26.0. The number of likely N-dealkylation sites (tertiary alicyclic amines) is 1. The normalized spacial score (nSPS) is 19.7. The van der Waals surface area contributed by atoms with Gasteiger partial charge in [-0.3, -0.25) is 9.69 Å². The first-order valence-corrected chi connectivity index (χ1v) is 15.7. The SMILES string of the molecule is C1CC1.COc1cc(-c2ccc(C3CCc4ccc(CC(C)C(=O)O)cc4O3)cc2CN2CCCC(C)(C)C2)c(F)cn1. The molecule has 1 N–H and O–H groups in total. The molecule has 1 aromatic heterocycles. The topological polar surface area (TPSA) is 71.9 Å². The molecule has 3 aromatic rings. The molecule has 3 heterocycles. The third kappa shape index (κ3) is 8.14. The van der Waals surface area contributed by atoms with Crippen LogP contribution in [0.25, 0.3) is 11.1 Å². The number of carbonyl (C=O) groups is 1. The molecule has 2 atom stereocenters. The fourth-order valence-corrected chi connectivity index (χ4v) is 6.08. The van der Waals surface area contributed by atoms with E-state index in [-0.39, 0.29) is 17.3 Å². The number of rotatable bonds is 8. The maximum absolute atomic E-state index is 15.1. The summed E-state index contributed by atoms with van der Waals surface area (Å²) in [6.07, 6.45) is 10.1. The first-order valence-electron chi connectivity index (χ1n) is 15.7. The molecule has 43 heavy (non-hydrogen) atoms. The Hall–Kier alpha value is -3.45. The first-order chi connectivity index (χ1) is 20.6. The van der Waals surface area contributed by atoms with E-state index in [1.807, 2.05) is 24.3 Å². The average molecular weight is 589 g/mol. The highest BCUT2D eigenvalue weighted by molar-refractivity contribution is 5.70. The second-order valence-electron chi connectivity index (χ2n) is 13.2. The van der Waals surface area contributed by atoms with E-state index in [0.717, 1.165) is 72.5 Å². The van der Waals surface area contributed by atoms with Crippen LogP contribution in [0, 0.1) is 17.2 Å². The van der Waals surface area contributed by atoms with E-state index in [9.17, 15) is 9.90 Å². The number of aryl methyl sites for hydroxylation is 1. The van der Waals surface area contributed by atoms with Crippen molar-refractivity contribution in [2.75, 3.05) is 20.2 Å². The van der Waals surface area contributed by atoms with Gasteiger partial charge in [-0.05, 0) is 77.9 Å². The standard InChI is InChI=1S/C33H39FN2O4.C3H6/c1-21(32(37)38)14-22-6-7-23-9-11-29(40-30(23)15-22)24-8-10-26(27-17-31(39-4)35-18-28(27)34)25(16-24)19-36-13-5-12-33(2,3)20-36;1-2-3-1/h6-8,10,15-18,21,29H,5,9,11-14,19-20H2,1-4H3,(H,37,38);1-3H2. The summed E-state index contributed by atoms with van der Waals surface area (Å²) in [5, 5.41) is 9.33. The summed E-state index contributed by atoms with van der Waals surface area (Å²) in [6, 6.07) is 13.9. The molecule has 6 rings (SSSR count).